The highest BCUT2D eigenvalue weighted by Crippen LogP contribution is 2.12. The second-order valence-electron chi connectivity index (χ2n) is 5.91. The Labute approximate surface area is 149 Å². The van der Waals surface area contributed by atoms with Crippen LogP contribution in [0.4, 0.5) is 5.69 Å². The third kappa shape index (κ3) is 6.63. The van der Waals surface area contributed by atoms with Crippen molar-refractivity contribution < 1.29 is 4.79 Å². The van der Waals surface area contributed by atoms with E-state index in [9.17, 15) is 4.79 Å². The molecule has 0 bridgehead atoms. The summed E-state index contributed by atoms with van der Waals surface area (Å²) in [5.41, 5.74) is 11.6. The first-order chi connectivity index (χ1) is 12.2. The zero-order valence-electron chi connectivity index (χ0n) is 14.6. The average Bonchev–Trinajstić information content (AvgIpc) is 2.63. The molecule has 2 aromatic carbocycles. The molecule has 3 N–H and O–H groups in total. The topological polar surface area (TPSA) is 67.5 Å². The number of allylic oxidation sites excluding steroid dienone is 1. The fourth-order valence-electron chi connectivity index (χ4n) is 2.39. The average molecular weight is 335 g/mol. The van der Waals surface area contributed by atoms with Crippen LogP contribution in [0.3, 0.4) is 0 Å². The van der Waals surface area contributed by atoms with Crippen LogP contribution in [-0.4, -0.2) is 12.1 Å². The van der Waals surface area contributed by atoms with Gasteiger partial charge in [-0.15, -0.1) is 0 Å². The highest BCUT2D eigenvalue weighted by Gasteiger charge is 2.03. The van der Waals surface area contributed by atoms with E-state index in [1.54, 1.807) is 30.5 Å². The number of nitrogens with zero attached hydrogens (tertiary/aromatic N) is 1. The van der Waals surface area contributed by atoms with Crippen molar-refractivity contribution in [1.82, 2.24) is 5.43 Å². The van der Waals surface area contributed by atoms with Crippen molar-refractivity contribution in [3.63, 3.8) is 0 Å². The van der Waals surface area contributed by atoms with Crippen LogP contribution in [0.5, 0.6) is 0 Å². The van der Waals surface area contributed by atoms with Crippen molar-refractivity contribution >= 4 is 23.9 Å². The van der Waals surface area contributed by atoms with Gasteiger partial charge in [-0.2, -0.15) is 5.10 Å². The fourth-order valence-corrected chi connectivity index (χ4v) is 2.39. The minimum Gasteiger partial charge on any atom is -0.399 e. The molecule has 2 aromatic rings. The molecule has 0 fully saturated rings. The quantitative estimate of drug-likeness (QED) is 0.319. The van der Waals surface area contributed by atoms with Crippen molar-refractivity contribution in [3.05, 3.63) is 71.3 Å². The Kier molecular flexibility index (Phi) is 7.44. The number of hydrogen-bond donors (Lipinski definition) is 2. The van der Waals surface area contributed by atoms with Crippen LogP contribution in [0, 0.1) is 0 Å². The van der Waals surface area contributed by atoms with E-state index in [2.05, 4.69) is 35.7 Å². The van der Waals surface area contributed by atoms with Crippen molar-refractivity contribution in [2.45, 2.75) is 32.6 Å². The molecule has 0 unspecified atom stereocenters. The first-order valence-corrected chi connectivity index (χ1v) is 8.63. The lowest BCUT2D eigenvalue weighted by molar-refractivity contribution is 0.0955. The summed E-state index contributed by atoms with van der Waals surface area (Å²) in [7, 11) is 0. The molecule has 4 heteroatoms. The summed E-state index contributed by atoms with van der Waals surface area (Å²) in [6.45, 7) is 2.18. The number of nitrogens with two attached hydrogens (primary N) is 1. The number of anilines is 1. The van der Waals surface area contributed by atoms with Crippen molar-refractivity contribution in [2.75, 3.05) is 5.73 Å². The molecule has 0 radical (unpaired) electrons. The van der Waals surface area contributed by atoms with Crippen molar-refractivity contribution in [1.29, 1.82) is 0 Å². The molecule has 4 nitrogen and oxygen atoms in total. The Morgan fingerprint density at radius 2 is 1.80 bits per heavy atom. The lowest BCUT2D eigenvalue weighted by atomic mass is 10.1. The summed E-state index contributed by atoms with van der Waals surface area (Å²) >= 11 is 0. The Bertz CT molecular complexity index is 719. The molecular weight excluding hydrogens is 310 g/mol. The number of nitrogen functional groups attached to an aromatic ring is 1. The maximum Gasteiger partial charge on any atom is 0.271 e. The number of unbranched alkanes of at least 4 members (excludes halogenated alkanes) is 2. The zero-order chi connectivity index (χ0) is 17.9. The summed E-state index contributed by atoms with van der Waals surface area (Å²) in [6, 6.07) is 16.9. The van der Waals surface area contributed by atoms with Gasteiger partial charge in [0.1, 0.15) is 0 Å². The number of hydrazone groups is 1. The lowest BCUT2D eigenvalue weighted by Crippen LogP contribution is -2.17. The molecule has 0 aliphatic carbocycles. The summed E-state index contributed by atoms with van der Waals surface area (Å²) in [5.74, 6) is -0.246. The fraction of sp³-hybridized carbons (Fsp3) is 0.238. The predicted molar refractivity (Wildman–Crippen MR) is 105 cm³/mol. The minimum atomic E-state index is -0.246. The predicted octanol–water partition coefficient (Wildman–Crippen LogP) is 4.65. The summed E-state index contributed by atoms with van der Waals surface area (Å²) in [6.07, 6.45) is 8.23. The van der Waals surface area contributed by atoms with E-state index in [0.717, 1.165) is 24.0 Å². The number of amides is 1. The van der Waals surface area contributed by atoms with Gasteiger partial charge in [-0.25, -0.2) is 5.43 Å². The van der Waals surface area contributed by atoms with Gasteiger partial charge in [0.15, 0.2) is 0 Å². The van der Waals surface area contributed by atoms with E-state index < -0.39 is 0 Å². The summed E-state index contributed by atoms with van der Waals surface area (Å²) in [4.78, 5) is 12.1. The number of hydrogen-bond acceptors (Lipinski definition) is 3. The highest BCUT2D eigenvalue weighted by molar-refractivity contribution is 5.95. The van der Waals surface area contributed by atoms with E-state index in [4.69, 9.17) is 5.73 Å². The number of carbonyl (C=O) groups excluding carboxylic acids is 1. The van der Waals surface area contributed by atoms with Crippen molar-refractivity contribution in [3.8, 4) is 0 Å². The van der Waals surface area contributed by atoms with Gasteiger partial charge in [-0.1, -0.05) is 56.2 Å². The molecule has 1 amide bonds. The zero-order valence-corrected chi connectivity index (χ0v) is 14.6. The van der Waals surface area contributed by atoms with Crippen LogP contribution in [0.1, 0.15) is 48.5 Å². The highest BCUT2D eigenvalue weighted by atomic mass is 16.2. The smallest absolute Gasteiger partial charge is 0.271 e. The van der Waals surface area contributed by atoms with Gasteiger partial charge in [0.25, 0.3) is 5.91 Å². The van der Waals surface area contributed by atoms with Crippen molar-refractivity contribution in [2.24, 2.45) is 5.10 Å². The second-order valence-corrected chi connectivity index (χ2v) is 5.91. The molecule has 0 heterocycles. The van der Waals surface area contributed by atoms with E-state index >= 15 is 0 Å². The lowest BCUT2D eigenvalue weighted by Gasteiger charge is -2.04. The molecule has 0 atom stereocenters. The third-order valence-corrected chi connectivity index (χ3v) is 3.79. The Balaban J connectivity index is 2.02. The van der Waals surface area contributed by atoms with Gasteiger partial charge < -0.3 is 5.73 Å². The van der Waals surface area contributed by atoms with Gasteiger partial charge in [0.2, 0.25) is 0 Å². The normalized spacial score (nSPS) is 11.6. The molecule has 0 saturated carbocycles. The second kappa shape index (κ2) is 10.1. The molecule has 0 aliphatic rings. The van der Waals surface area contributed by atoms with Gasteiger partial charge in [0.05, 0.1) is 6.21 Å². The van der Waals surface area contributed by atoms with Gasteiger partial charge in [0, 0.05) is 11.3 Å². The van der Waals surface area contributed by atoms with E-state index in [-0.39, 0.29) is 5.91 Å². The largest absolute Gasteiger partial charge is 0.399 e. The van der Waals surface area contributed by atoms with Crippen LogP contribution in [-0.2, 0) is 0 Å². The summed E-state index contributed by atoms with van der Waals surface area (Å²) < 4.78 is 0. The first kappa shape index (κ1) is 18.5. The van der Waals surface area contributed by atoms with E-state index in [0.29, 0.717) is 11.3 Å². The van der Waals surface area contributed by atoms with E-state index in [1.165, 1.54) is 12.8 Å². The number of rotatable bonds is 8. The Hall–Kier alpha value is -2.88. The molecular formula is C21H25N3O. The van der Waals surface area contributed by atoms with Gasteiger partial charge in [-0.05, 0) is 48.2 Å². The molecule has 0 saturated heterocycles. The van der Waals surface area contributed by atoms with Crippen LogP contribution >= 0.6 is 0 Å². The first-order valence-electron chi connectivity index (χ1n) is 8.63. The molecule has 130 valence electrons. The van der Waals surface area contributed by atoms with Gasteiger partial charge in [-0.3, -0.25) is 4.79 Å². The van der Waals surface area contributed by atoms with Crippen LogP contribution in [0.25, 0.3) is 6.08 Å². The SMILES string of the molecule is CCCCCC(C=NNC(=O)c1ccc(N)cc1)=Cc1ccccc1. The maximum atomic E-state index is 12.1. The molecule has 0 spiro atoms. The van der Waals surface area contributed by atoms with Crippen LogP contribution in [0.2, 0.25) is 0 Å². The Morgan fingerprint density at radius 1 is 1.08 bits per heavy atom. The maximum absolute atomic E-state index is 12.1. The Morgan fingerprint density at radius 3 is 2.48 bits per heavy atom. The van der Waals surface area contributed by atoms with Crippen LogP contribution < -0.4 is 11.2 Å². The number of benzene rings is 2. The molecule has 2 rings (SSSR count). The third-order valence-electron chi connectivity index (χ3n) is 3.79. The molecule has 25 heavy (non-hydrogen) atoms. The number of carbonyl (C=O) groups is 1. The van der Waals surface area contributed by atoms with Gasteiger partial charge >= 0.3 is 0 Å². The standard InChI is InChI=1S/C21H25N3O/c1-2-3-5-10-18(15-17-8-6-4-7-9-17)16-23-24-21(25)19-11-13-20(22)14-12-19/h4,6-9,11-16H,2-3,5,10,22H2,1H3,(H,24,25). The van der Waals surface area contributed by atoms with E-state index in [1.807, 2.05) is 18.2 Å². The molecule has 0 aliphatic heterocycles. The minimum absolute atomic E-state index is 0.246. The van der Waals surface area contributed by atoms with Crippen LogP contribution in [0.15, 0.2) is 65.3 Å². The summed E-state index contributed by atoms with van der Waals surface area (Å²) in [5, 5.41) is 4.12. The monoisotopic (exact) mass is 335 g/mol. The molecule has 0 aromatic heterocycles. The number of nitrogens with one attached hydrogen (secondary N) is 1.